The van der Waals surface area contributed by atoms with Gasteiger partial charge < -0.3 is 15.5 Å². The molecule has 1 aliphatic heterocycles. The first-order valence-electron chi connectivity index (χ1n) is 8.05. The van der Waals surface area contributed by atoms with Crippen molar-refractivity contribution in [2.24, 2.45) is 0 Å². The number of nitrogens with zero attached hydrogens (tertiary/aromatic N) is 3. The van der Waals surface area contributed by atoms with Crippen molar-refractivity contribution in [2.45, 2.75) is 18.9 Å². The van der Waals surface area contributed by atoms with Crippen molar-refractivity contribution in [2.75, 3.05) is 25.0 Å². The number of hydrogen-bond donors (Lipinski definition) is 2. The van der Waals surface area contributed by atoms with Crippen LogP contribution < -0.4 is 10.6 Å². The van der Waals surface area contributed by atoms with E-state index in [1.54, 1.807) is 30.6 Å². The van der Waals surface area contributed by atoms with Gasteiger partial charge in [-0.15, -0.1) is 0 Å². The lowest BCUT2D eigenvalue weighted by Gasteiger charge is -2.25. The molecule has 0 bridgehead atoms. The molecule has 126 valence electrons. The average Bonchev–Trinajstić information content (AvgIpc) is 3.10. The molecule has 1 fully saturated rings. The van der Waals surface area contributed by atoms with Crippen molar-refractivity contribution in [1.29, 1.82) is 0 Å². The Bertz CT molecular complexity index is 664. The number of likely N-dealkylation sites (tertiary alicyclic amines) is 1. The van der Waals surface area contributed by atoms with Crippen LogP contribution in [0, 0.1) is 5.82 Å². The van der Waals surface area contributed by atoms with E-state index in [-0.39, 0.29) is 17.9 Å². The summed E-state index contributed by atoms with van der Waals surface area (Å²) < 4.78 is 13.1. The van der Waals surface area contributed by atoms with Crippen LogP contribution in [0.2, 0.25) is 0 Å². The number of anilines is 1. The predicted octanol–water partition coefficient (Wildman–Crippen LogP) is 2.57. The Labute approximate surface area is 140 Å². The number of halogens is 1. The Kier molecular flexibility index (Phi) is 5.20. The van der Waals surface area contributed by atoms with Crippen LogP contribution in [0.25, 0.3) is 0 Å². The first-order valence-corrected chi connectivity index (χ1v) is 8.05. The second-order valence-corrected chi connectivity index (χ2v) is 5.63. The second kappa shape index (κ2) is 7.72. The Morgan fingerprint density at radius 3 is 2.71 bits per heavy atom. The molecule has 0 spiro atoms. The predicted molar refractivity (Wildman–Crippen MR) is 89.0 cm³/mol. The van der Waals surface area contributed by atoms with Crippen molar-refractivity contribution < 1.29 is 9.18 Å². The van der Waals surface area contributed by atoms with Gasteiger partial charge in [-0.3, -0.25) is 0 Å². The summed E-state index contributed by atoms with van der Waals surface area (Å²) in [5.41, 5.74) is 0.972. The van der Waals surface area contributed by atoms with E-state index in [2.05, 4.69) is 20.6 Å². The van der Waals surface area contributed by atoms with Gasteiger partial charge in [0.2, 0.25) is 5.95 Å². The van der Waals surface area contributed by atoms with Gasteiger partial charge in [0.25, 0.3) is 0 Å². The molecule has 1 atom stereocenters. The number of hydrogen-bond acceptors (Lipinski definition) is 4. The molecule has 3 rings (SSSR count). The van der Waals surface area contributed by atoms with Gasteiger partial charge in [0.1, 0.15) is 5.82 Å². The Hall–Kier alpha value is -2.70. The van der Waals surface area contributed by atoms with Gasteiger partial charge in [-0.25, -0.2) is 19.2 Å². The van der Waals surface area contributed by atoms with E-state index in [0.29, 0.717) is 25.6 Å². The zero-order valence-electron chi connectivity index (χ0n) is 13.3. The number of carbonyl (C=O) groups excluding carboxylic acids is 1. The second-order valence-electron chi connectivity index (χ2n) is 5.63. The van der Waals surface area contributed by atoms with Crippen LogP contribution in [-0.2, 0) is 0 Å². The van der Waals surface area contributed by atoms with Gasteiger partial charge >= 0.3 is 6.03 Å². The molecule has 2 heterocycles. The molecule has 1 aromatic heterocycles. The highest BCUT2D eigenvalue weighted by Gasteiger charge is 2.29. The van der Waals surface area contributed by atoms with Crippen LogP contribution in [-0.4, -0.2) is 40.5 Å². The molecule has 2 aromatic rings. The van der Waals surface area contributed by atoms with Crippen molar-refractivity contribution >= 4 is 12.0 Å². The summed E-state index contributed by atoms with van der Waals surface area (Å²) in [7, 11) is 0. The number of urea groups is 1. The fourth-order valence-electron chi connectivity index (χ4n) is 2.88. The minimum atomic E-state index is -0.262. The molecule has 2 amide bonds. The monoisotopic (exact) mass is 329 g/mol. The summed E-state index contributed by atoms with van der Waals surface area (Å²) in [6, 6.07) is 8.03. The van der Waals surface area contributed by atoms with E-state index in [9.17, 15) is 9.18 Å². The number of nitrogens with one attached hydrogen (secondary N) is 2. The lowest BCUT2D eigenvalue weighted by atomic mass is 10.0. The summed E-state index contributed by atoms with van der Waals surface area (Å²) in [5, 5.41) is 5.94. The molecule has 24 heavy (non-hydrogen) atoms. The zero-order chi connectivity index (χ0) is 16.8. The molecule has 7 heteroatoms. The molecule has 6 nitrogen and oxygen atoms in total. The highest BCUT2D eigenvalue weighted by Crippen LogP contribution is 2.31. The standard InChI is InChI=1S/C17H20FN5O/c18-14-6-4-13(5-7-14)15-3-1-12-23(15)17(24)22-11-10-21-16-19-8-2-9-20-16/h2,4-9,15H,1,3,10-12H2,(H,22,24)(H,19,20,21)/t15-/m0/s1. The van der Waals surface area contributed by atoms with E-state index in [0.717, 1.165) is 18.4 Å². The summed E-state index contributed by atoms with van der Waals surface area (Å²) in [6.45, 7) is 1.73. The summed E-state index contributed by atoms with van der Waals surface area (Å²) in [4.78, 5) is 22.3. The molecule has 0 unspecified atom stereocenters. The summed E-state index contributed by atoms with van der Waals surface area (Å²) in [6.07, 6.45) is 5.16. The van der Waals surface area contributed by atoms with Gasteiger partial charge in [-0.05, 0) is 36.6 Å². The largest absolute Gasteiger partial charge is 0.352 e. The fraction of sp³-hybridized carbons (Fsp3) is 0.353. The highest BCUT2D eigenvalue weighted by atomic mass is 19.1. The van der Waals surface area contributed by atoms with Gasteiger partial charge in [0, 0.05) is 32.0 Å². The lowest BCUT2D eigenvalue weighted by Crippen LogP contribution is -2.41. The number of aromatic nitrogens is 2. The van der Waals surface area contributed by atoms with Crippen molar-refractivity contribution in [3.8, 4) is 0 Å². The Balaban J connectivity index is 1.49. The van der Waals surface area contributed by atoms with Gasteiger partial charge in [-0.2, -0.15) is 0 Å². The number of amides is 2. The average molecular weight is 329 g/mol. The zero-order valence-corrected chi connectivity index (χ0v) is 13.3. The van der Waals surface area contributed by atoms with Crippen LogP contribution in [0.15, 0.2) is 42.7 Å². The third kappa shape index (κ3) is 3.98. The summed E-state index contributed by atoms with van der Waals surface area (Å²) in [5.74, 6) is 0.277. The van der Waals surface area contributed by atoms with Crippen molar-refractivity contribution in [3.05, 3.63) is 54.1 Å². The molecule has 2 N–H and O–H groups in total. The van der Waals surface area contributed by atoms with Crippen LogP contribution in [0.4, 0.5) is 15.1 Å². The minimum absolute atomic E-state index is 0.0102. The maximum Gasteiger partial charge on any atom is 0.317 e. The Morgan fingerprint density at radius 2 is 1.96 bits per heavy atom. The molecule has 0 radical (unpaired) electrons. The van der Waals surface area contributed by atoms with Gasteiger partial charge in [-0.1, -0.05) is 12.1 Å². The van der Waals surface area contributed by atoms with Crippen molar-refractivity contribution in [3.63, 3.8) is 0 Å². The lowest BCUT2D eigenvalue weighted by molar-refractivity contribution is 0.193. The van der Waals surface area contributed by atoms with Crippen molar-refractivity contribution in [1.82, 2.24) is 20.2 Å². The minimum Gasteiger partial charge on any atom is -0.352 e. The highest BCUT2D eigenvalue weighted by molar-refractivity contribution is 5.75. The number of benzene rings is 1. The van der Waals surface area contributed by atoms with E-state index in [1.165, 1.54) is 12.1 Å². The fourth-order valence-corrected chi connectivity index (χ4v) is 2.88. The SMILES string of the molecule is O=C(NCCNc1ncccn1)N1CCC[C@H]1c1ccc(F)cc1. The van der Waals surface area contributed by atoms with E-state index < -0.39 is 0 Å². The number of carbonyl (C=O) groups is 1. The normalized spacial score (nSPS) is 16.9. The maximum absolute atomic E-state index is 13.1. The van der Waals surface area contributed by atoms with Gasteiger partial charge in [0.15, 0.2) is 0 Å². The quantitative estimate of drug-likeness (QED) is 0.827. The first kappa shape index (κ1) is 16.2. The topological polar surface area (TPSA) is 70.1 Å². The first-order chi connectivity index (χ1) is 11.7. The summed E-state index contributed by atoms with van der Waals surface area (Å²) >= 11 is 0. The van der Waals surface area contributed by atoms with Crippen LogP contribution >= 0.6 is 0 Å². The number of rotatable bonds is 5. The molecule has 1 aliphatic rings. The van der Waals surface area contributed by atoms with Crippen LogP contribution in [0.3, 0.4) is 0 Å². The van der Waals surface area contributed by atoms with E-state index in [1.807, 2.05) is 4.90 Å². The van der Waals surface area contributed by atoms with E-state index in [4.69, 9.17) is 0 Å². The molecule has 0 saturated carbocycles. The molecule has 0 aliphatic carbocycles. The maximum atomic E-state index is 13.1. The molecular formula is C17H20FN5O. The molecule has 1 aromatic carbocycles. The molecule has 1 saturated heterocycles. The Morgan fingerprint density at radius 1 is 1.21 bits per heavy atom. The van der Waals surface area contributed by atoms with E-state index >= 15 is 0 Å². The smallest absolute Gasteiger partial charge is 0.317 e. The molecular weight excluding hydrogens is 309 g/mol. The van der Waals surface area contributed by atoms with Crippen LogP contribution in [0.5, 0.6) is 0 Å². The third-order valence-electron chi connectivity index (χ3n) is 4.02. The van der Waals surface area contributed by atoms with Crippen LogP contribution in [0.1, 0.15) is 24.4 Å². The third-order valence-corrected chi connectivity index (χ3v) is 4.02. The van der Waals surface area contributed by atoms with Gasteiger partial charge in [0.05, 0.1) is 6.04 Å².